The number of benzene rings is 3. The van der Waals surface area contributed by atoms with Crippen molar-refractivity contribution in [2.45, 2.75) is 11.3 Å². The van der Waals surface area contributed by atoms with Crippen molar-refractivity contribution in [3.63, 3.8) is 0 Å². The Morgan fingerprint density at radius 3 is 1.94 bits per heavy atom. The summed E-state index contributed by atoms with van der Waals surface area (Å²) in [5, 5.41) is 13.8. The summed E-state index contributed by atoms with van der Waals surface area (Å²) in [6, 6.07) is 19.0. The zero-order valence-corrected chi connectivity index (χ0v) is 18.4. The van der Waals surface area contributed by atoms with Crippen molar-refractivity contribution >= 4 is 44.9 Å². The third kappa shape index (κ3) is 6.81. The van der Waals surface area contributed by atoms with Gasteiger partial charge in [-0.15, -0.1) is 0 Å². The first-order chi connectivity index (χ1) is 15.2. The van der Waals surface area contributed by atoms with Gasteiger partial charge in [-0.2, -0.15) is 0 Å². The monoisotopic (exact) mass is 472 g/mol. The Bertz CT molecular complexity index is 1200. The highest BCUT2D eigenvalue weighted by molar-refractivity contribution is 7.89. The topological polar surface area (TPSA) is 130 Å². The molecular formula is C22H21ClN4O4S. The predicted octanol–water partition coefficient (Wildman–Crippen LogP) is 3.60. The van der Waals surface area contributed by atoms with E-state index in [-0.39, 0.29) is 16.8 Å². The summed E-state index contributed by atoms with van der Waals surface area (Å²) in [6.07, 6.45) is 0.522. The SMILES string of the molecule is NS(=O)(=O)c1ccc(CCNC(=O)Nc2ccc(NC(=O)c3ccc(Cl)cc3)cc2)cc1. The van der Waals surface area contributed by atoms with Gasteiger partial charge < -0.3 is 16.0 Å². The number of carbonyl (C=O) groups excluding carboxylic acids is 2. The van der Waals surface area contributed by atoms with Gasteiger partial charge in [-0.3, -0.25) is 4.79 Å². The van der Waals surface area contributed by atoms with Crippen molar-refractivity contribution in [3.05, 3.63) is 88.9 Å². The molecule has 0 saturated carbocycles. The van der Waals surface area contributed by atoms with E-state index in [1.165, 1.54) is 12.1 Å². The third-order valence-corrected chi connectivity index (χ3v) is 5.64. The van der Waals surface area contributed by atoms with Gasteiger partial charge >= 0.3 is 6.03 Å². The molecule has 3 aromatic rings. The van der Waals surface area contributed by atoms with E-state index in [0.717, 1.165) is 5.56 Å². The van der Waals surface area contributed by atoms with Gasteiger partial charge in [-0.25, -0.2) is 18.4 Å². The van der Waals surface area contributed by atoms with Crippen molar-refractivity contribution in [2.24, 2.45) is 5.14 Å². The first kappa shape index (κ1) is 23.3. The number of urea groups is 1. The summed E-state index contributed by atoms with van der Waals surface area (Å²) in [7, 11) is -3.72. The number of halogens is 1. The average molecular weight is 473 g/mol. The highest BCUT2D eigenvalue weighted by Crippen LogP contribution is 2.16. The Labute approximate surface area is 190 Å². The zero-order valence-electron chi connectivity index (χ0n) is 16.8. The number of amides is 3. The van der Waals surface area contributed by atoms with Gasteiger partial charge in [0, 0.05) is 28.5 Å². The first-order valence-electron chi connectivity index (χ1n) is 9.54. The second-order valence-electron chi connectivity index (χ2n) is 6.86. The van der Waals surface area contributed by atoms with Gasteiger partial charge in [0.2, 0.25) is 10.0 Å². The van der Waals surface area contributed by atoms with Gasteiger partial charge in [0.1, 0.15) is 0 Å². The molecule has 0 aliphatic heterocycles. The second-order valence-corrected chi connectivity index (χ2v) is 8.86. The van der Waals surface area contributed by atoms with Crippen LogP contribution in [0.25, 0.3) is 0 Å². The number of sulfonamides is 1. The summed E-state index contributed by atoms with van der Waals surface area (Å²) < 4.78 is 22.5. The van der Waals surface area contributed by atoms with E-state index in [2.05, 4.69) is 16.0 Å². The van der Waals surface area contributed by atoms with Gasteiger partial charge in [-0.05, 0) is 72.6 Å². The number of hydrogen-bond acceptors (Lipinski definition) is 4. The van der Waals surface area contributed by atoms with Crippen molar-refractivity contribution in [1.29, 1.82) is 0 Å². The van der Waals surface area contributed by atoms with Crippen molar-refractivity contribution in [1.82, 2.24) is 5.32 Å². The van der Waals surface area contributed by atoms with E-state index in [1.807, 2.05) is 0 Å². The molecule has 0 fully saturated rings. The van der Waals surface area contributed by atoms with Gasteiger partial charge in [0.25, 0.3) is 5.91 Å². The molecule has 0 aromatic heterocycles. The maximum Gasteiger partial charge on any atom is 0.319 e. The highest BCUT2D eigenvalue weighted by Gasteiger charge is 2.08. The molecular weight excluding hydrogens is 452 g/mol. The maximum atomic E-state index is 12.2. The highest BCUT2D eigenvalue weighted by atomic mass is 35.5. The smallest absolute Gasteiger partial charge is 0.319 e. The average Bonchev–Trinajstić information content (AvgIpc) is 2.75. The summed E-state index contributed by atoms with van der Waals surface area (Å²) in [5.74, 6) is -0.266. The van der Waals surface area contributed by atoms with Crippen LogP contribution in [0, 0.1) is 0 Å². The van der Waals surface area contributed by atoms with E-state index in [4.69, 9.17) is 16.7 Å². The van der Waals surface area contributed by atoms with Crippen LogP contribution >= 0.6 is 11.6 Å². The largest absolute Gasteiger partial charge is 0.338 e. The van der Waals surface area contributed by atoms with Crippen LogP contribution in [0.1, 0.15) is 15.9 Å². The van der Waals surface area contributed by atoms with Crippen LogP contribution in [-0.2, 0) is 16.4 Å². The van der Waals surface area contributed by atoms with Crippen molar-refractivity contribution < 1.29 is 18.0 Å². The molecule has 0 aliphatic rings. The second kappa shape index (κ2) is 10.3. The van der Waals surface area contributed by atoms with Gasteiger partial charge in [-0.1, -0.05) is 23.7 Å². The van der Waals surface area contributed by atoms with Crippen LogP contribution in [0.3, 0.4) is 0 Å². The quantitative estimate of drug-likeness (QED) is 0.418. The molecule has 0 spiro atoms. The van der Waals surface area contributed by atoms with E-state index >= 15 is 0 Å². The Balaban J connectivity index is 1.45. The molecule has 8 nitrogen and oxygen atoms in total. The zero-order chi connectivity index (χ0) is 23.1. The standard InChI is InChI=1S/C22H21ClN4O4S/c23-17-5-3-16(4-6-17)21(28)26-18-7-9-19(10-8-18)27-22(29)25-14-13-15-1-11-20(12-2-15)32(24,30)31/h1-12H,13-14H2,(H,26,28)(H2,24,30,31)(H2,25,27,29). The summed E-state index contributed by atoms with van der Waals surface area (Å²) in [6.45, 7) is 0.357. The fourth-order valence-corrected chi connectivity index (χ4v) is 3.42. The molecule has 0 radical (unpaired) electrons. The number of carbonyl (C=O) groups is 2. The molecule has 5 N–H and O–H groups in total. The van der Waals surface area contributed by atoms with E-state index in [0.29, 0.717) is 34.9 Å². The molecule has 3 rings (SSSR count). The summed E-state index contributed by atoms with van der Waals surface area (Å²) >= 11 is 5.82. The molecule has 166 valence electrons. The molecule has 0 heterocycles. The minimum atomic E-state index is -3.72. The van der Waals surface area contributed by atoms with E-state index in [1.54, 1.807) is 60.7 Å². The fourth-order valence-electron chi connectivity index (χ4n) is 2.78. The van der Waals surface area contributed by atoms with E-state index < -0.39 is 10.0 Å². The molecule has 3 aromatic carbocycles. The Hall–Kier alpha value is -3.40. The van der Waals surface area contributed by atoms with Crippen molar-refractivity contribution in [2.75, 3.05) is 17.2 Å². The van der Waals surface area contributed by atoms with Crippen LogP contribution in [0.5, 0.6) is 0 Å². The molecule has 0 unspecified atom stereocenters. The molecule has 32 heavy (non-hydrogen) atoms. The maximum absolute atomic E-state index is 12.2. The van der Waals surface area contributed by atoms with E-state index in [9.17, 15) is 18.0 Å². The number of nitrogens with two attached hydrogens (primary N) is 1. The predicted molar refractivity (Wildman–Crippen MR) is 124 cm³/mol. The van der Waals surface area contributed by atoms with Crippen LogP contribution in [0.2, 0.25) is 5.02 Å². The molecule has 0 aliphatic carbocycles. The summed E-state index contributed by atoms with van der Waals surface area (Å²) in [5.41, 5.74) is 2.48. The molecule has 3 amide bonds. The minimum Gasteiger partial charge on any atom is -0.338 e. The number of primary sulfonamides is 1. The molecule has 0 saturated heterocycles. The normalized spacial score (nSPS) is 10.9. The lowest BCUT2D eigenvalue weighted by Gasteiger charge is -2.10. The number of hydrogen-bond donors (Lipinski definition) is 4. The van der Waals surface area contributed by atoms with Gasteiger partial charge in [0.05, 0.1) is 4.90 Å². The minimum absolute atomic E-state index is 0.0414. The van der Waals surface area contributed by atoms with Crippen LogP contribution in [-0.4, -0.2) is 26.9 Å². The number of anilines is 2. The summed E-state index contributed by atoms with van der Waals surface area (Å²) in [4.78, 5) is 24.3. The Morgan fingerprint density at radius 2 is 1.38 bits per heavy atom. The lowest BCUT2D eigenvalue weighted by atomic mass is 10.1. The van der Waals surface area contributed by atoms with Crippen LogP contribution in [0.4, 0.5) is 16.2 Å². The lowest BCUT2D eigenvalue weighted by molar-refractivity contribution is 0.102. The molecule has 0 atom stereocenters. The Kier molecular flexibility index (Phi) is 7.47. The van der Waals surface area contributed by atoms with Gasteiger partial charge in [0.15, 0.2) is 0 Å². The lowest BCUT2D eigenvalue weighted by Crippen LogP contribution is -2.30. The Morgan fingerprint density at radius 1 is 0.812 bits per heavy atom. The number of nitrogens with one attached hydrogen (secondary N) is 3. The number of rotatable bonds is 7. The third-order valence-electron chi connectivity index (χ3n) is 4.46. The molecule has 10 heteroatoms. The van der Waals surface area contributed by atoms with Crippen molar-refractivity contribution in [3.8, 4) is 0 Å². The molecule has 0 bridgehead atoms. The van der Waals surface area contributed by atoms with Crippen LogP contribution < -0.4 is 21.1 Å². The fraction of sp³-hybridized carbons (Fsp3) is 0.0909. The van der Waals surface area contributed by atoms with Crippen LogP contribution in [0.15, 0.2) is 77.7 Å². The first-order valence-corrected chi connectivity index (χ1v) is 11.5.